The van der Waals surface area contributed by atoms with Crippen molar-refractivity contribution in [3.63, 3.8) is 0 Å². The first-order valence-corrected chi connectivity index (χ1v) is 8.03. The number of hydrogen-bond acceptors (Lipinski definition) is 5. The largest absolute Gasteiger partial charge is 0.453 e. The number of methoxy groups -OCH3 is 1. The highest BCUT2D eigenvalue weighted by Crippen LogP contribution is 2.22. The fourth-order valence-corrected chi connectivity index (χ4v) is 2.54. The Morgan fingerprint density at radius 2 is 2.00 bits per heavy atom. The maximum atomic E-state index is 11.2. The van der Waals surface area contributed by atoms with Crippen molar-refractivity contribution in [2.75, 3.05) is 17.7 Å². The highest BCUT2D eigenvalue weighted by Gasteiger charge is 2.05. The van der Waals surface area contributed by atoms with Gasteiger partial charge in [0.1, 0.15) is 5.52 Å². The summed E-state index contributed by atoms with van der Waals surface area (Å²) >= 11 is 3.40. The summed E-state index contributed by atoms with van der Waals surface area (Å²) in [6.07, 6.45) is 3.02. The zero-order chi connectivity index (χ0) is 16.9. The van der Waals surface area contributed by atoms with Crippen LogP contribution in [0.25, 0.3) is 11.0 Å². The van der Waals surface area contributed by atoms with E-state index in [1.807, 2.05) is 36.4 Å². The second-order valence-corrected chi connectivity index (χ2v) is 5.96. The number of pyridine rings is 2. The Kier molecular flexibility index (Phi) is 4.90. The summed E-state index contributed by atoms with van der Waals surface area (Å²) in [4.78, 5) is 19.9. The normalized spacial score (nSPS) is 10.4. The number of ether oxygens (including phenoxy) is 1. The Morgan fingerprint density at radius 1 is 1.21 bits per heavy atom. The van der Waals surface area contributed by atoms with E-state index in [0.29, 0.717) is 12.2 Å². The molecule has 1 aromatic carbocycles. The summed E-state index contributed by atoms with van der Waals surface area (Å²) < 4.78 is 5.46. The highest BCUT2D eigenvalue weighted by atomic mass is 79.9. The van der Waals surface area contributed by atoms with E-state index >= 15 is 0 Å². The van der Waals surface area contributed by atoms with E-state index in [9.17, 15) is 4.79 Å². The molecule has 0 saturated heterocycles. The Balaban J connectivity index is 1.71. The standard InChI is InChI=1S/C17H15BrN4O2/c1-24-17(23)22-13-4-2-11(3-5-13)9-20-14-6-7-19-15-8-12(18)10-21-16(14)15/h2-8,10H,9H2,1H3,(H,19,20)(H,22,23). The van der Waals surface area contributed by atoms with Gasteiger partial charge in [0.15, 0.2) is 0 Å². The summed E-state index contributed by atoms with van der Waals surface area (Å²) in [7, 11) is 1.33. The van der Waals surface area contributed by atoms with Gasteiger partial charge in [0.2, 0.25) is 0 Å². The van der Waals surface area contributed by atoms with E-state index in [-0.39, 0.29) is 0 Å². The number of aromatic nitrogens is 2. The van der Waals surface area contributed by atoms with Gasteiger partial charge in [-0.2, -0.15) is 0 Å². The van der Waals surface area contributed by atoms with Crippen molar-refractivity contribution in [2.45, 2.75) is 6.54 Å². The molecule has 0 saturated carbocycles. The second-order valence-electron chi connectivity index (χ2n) is 5.05. The van der Waals surface area contributed by atoms with Crippen LogP contribution < -0.4 is 10.6 Å². The molecule has 0 radical (unpaired) electrons. The van der Waals surface area contributed by atoms with Gasteiger partial charge < -0.3 is 10.1 Å². The summed E-state index contributed by atoms with van der Waals surface area (Å²) in [6, 6.07) is 11.4. The zero-order valence-corrected chi connectivity index (χ0v) is 14.5. The predicted molar refractivity (Wildman–Crippen MR) is 97.0 cm³/mol. The summed E-state index contributed by atoms with van der Waals surface area (Å²) in [5.41, 5.74) is 4.33. The van der Waals surface area contributed by atoms with Crippen LogP contribution in [-0.4, -0.2) is 23.2 Å². The van der Waals surface area contributed by atoms with Crippen LogP contribution in [0, 0.1) is 0 Å². The average molecular weight is 387 g/mol. The number of fused-ring (bicyclic) bond motifs is 1. The first kappa shape index (κ1) is 16.2. The molecule has 0 aliphatic rings. The lowest BCUT2D eigenvalue weighted by molar-refractivity contribution is 0.187. The van der Waals surface area contributed by atoms with Crippen LogP contribution >= 0.6 is 15.9 Å². The van der Waals surface area contributed by atoms with Crippen LogP contribution in [0.1, 0.15) is 5.56 Å². The fraction of sp³-hybridized carbons (Fsp3) is 0.118. The molecule has 1 amide bonds. The van der Waals surface area contributed by atoms with Crippen molar-refractivity contribution in [3.05, 3.63) is 58.8 Å². The highest BCUT2D eigenvalue weighted by molar-refractivity contribution is 9.10. The Hall–Kier alpha value is -2.67. The number of anilines is 2. The lowest BCUT2D eigenvalue weighted by Gasteiger charge is -2.10. The fourth-order valence-electron chi connectivity index (χ4n) is 2.22. The molecular formula is C17H15BrN4O2. The number of nitrogens with zero attached hydrogens (tertiary/aromatic N) is 2. The van der Waals surface area contributed by atoms with Crippen molar-refractivity contribution in [1.82, 2.24) is 9.97 Å². The molecule has 3 rings (SSSR count). The van der Waals surface area contributed by atoms with Crippen molar-refractivity contribution in [3.8, 4) is 0 Å². The lowest BCUT2D eigenvalue weighted by Crippen LogP contribution is -2.10. The SMILES string of the molecule is COC(=O)Nc1ccc(CNc2ccnc3cc(Br)cnc23)cc1. The van der Waals surface area contributed by atoms with E-state index in [1.54, 1.807) is 12.4 Å². The van der Waals surface area contributed by atoms with Crippen molar-refractivity contribution in [1.29, 1.82) is 0 Å². The van der Waals surface area contributed by atoms with Crippen LogP contribution in [0.5, 0.6) is 0 Å². The van der Waals surface area contributed by atoms with Gasteiger partial charge in [-0.15, -0.1) is 0 Å². The van der Waals surface area contributed by atoms with Gasteiger partial charge in [0.25, 0.3) is 0 Å². The van der Waals surface area contributed by atoms with E-state index in [4.69, 9.17) is 0 Å². The van der Waals surface area contributed by atoms with Crippen molar-refractivity contribution >= 4 is 44.4 Å². The van der Waals surface area contributed by atoms with E-state index < -0.39 is 6.09 Å². The smallest absolute Gasteiger partial charge is 0.411 e. The predicted octanol–water partition coefficient (Wildman–Crippen LogP) is 4.18. The van der Waals surface area contributed by atoms with E-state index in [2.05, 4.69) is 41.3 Å². The van der Waals surface area contributed by atoms with Gasteiger partial charge in [0, 0.05) is 29.1 Å². The third kappa shape index (κ3) is 3.80. The van der Waals surface area contributed by atoms with Crippen LogP contribution in [0.4, 0.5) is 16.2 Å². The molecule has 0 aliphatic heterocycles. The van der Waals surface area contributed by atoms with Crippen LogP contribution in [-0.2, 0) is 11.3 Å². The molecule has 0 spiro atoms. The van der Waals surface area contributed by atoms with Gasteiger partial charge >= 0.3 is 6.09 Å². The molecule has 0 aliphatic carbocycles. The second kappa shape index (κ2) is 7.27. The summed E-state index contributed by atoms with van der Waals surface area (Å²) in [6.45, 7) is 0.634. The molecule has 3 aromatic rings. The van der Waals surface area contributed by atoms with Gasteiger partial charge in [-0.1, -0.05) is 12.1 Å². The molecule has 7 heteroatoms. The zero-order valence-electron chi connectivity index (χ0n) is 12.9. The minimum Gasteiger partial charge on any atom is -0.453 e. The number of amides is 1. The summed E-state index contributed by atoms with van der Waals surface area (Å²) in [5, 5.41) is 5.98. The molecule has 0 fully saturated rings. The average Bonchev–Trinajstić information content (AvgIpc) is 2.60. The van der Waals surface area contributed by atoms with E-state index in [1.165, 1.54) is 7.11 Å². The molecule has 122 valence electrons. The topological polar surface area (TPSA) is 76.1 Å². The van der Waals surface area contributed by atoms with Gasteiger partial charge in [-0.25, -0.2) is 4.79 Å². The molecule has 6 nitrogen and oxygen atoms in total. The Labute approximate surface area is 147 Å². The van der Waals surface area contributed by atoms with Gasteiger partial charge in [-0.05, 0) is 45.8 Å². The first-order valence-electron chi connectivity index (χ1n) is 7.24. The third-order valence-electron chi connectivity index (χ3n) is 3.41. The molecule has 2 N–H and O–H groups in total. The van der Waals surface area contributed by atoms with Crippen LogP contribution in [0.15, 0.2) is 53.3 Å². The molecular weight excluding hydrogens is 372 g/mol. The number of rotatable bonds is 4. The molecule has 0 unspecified atom stereocenters. The molecule has 2 aromatic heterocycles. The maximum absolute atomic E-state index is 11.2. The maximum Gasteiger partial charge on any atom is 0.411 e. The van der Waals surface area contributed by atoms with Gasteiger partial charge in [-0.3, -0.25) is 15.3 Å². The number of benzene rings is 1. The van der Waals surface area contributed by atoms with Crippen molar-refractivity contribution < 1.29 is 9.53 Å². The number of hydrogen-bond donors (Lipinski definition) is 2. The lowest BCUT2D eigenvalue weighted by atomic mass is 10.2. The van der Waals surface area contributed by atoms with E-state index in [0.717, 1.165) is 26.8 Å². The first-order chi connectivity index (χ1) is 11.7. The van der Waals surface area contributed by atoms with Crippen molar-refractivity contribution in [2.24, 2.45) is 0 Å². The Morgan fingerprint density at radius 3 is 2.75 bits per heavy atom. The molecule has 24 heavy (non-hydrogen) atoms. The monoisotopic (exact) mass is 386 g/mol. The minimum absolute atomic E-state index is 0.485. The molecule has 2 heterocycles. The quantitative estimate of drug-likeness (QED) is 0.702. The Bertz CT molecular complexity index is 868. The third-order valence-corrected chi connectivity index (χ3v) is 3.85. The summed E-state index contributed by atoms with van der Waals surface area (Å²) in [5.74, 6) is 0. The number of carbonyl (C=O) groups is 1. The van der Waals surface area contributed by atoms with Crippen LogP contribution in [0.3, 0.4) is 0 Å². The number of carbonyl (C=O) groups excluding carboxylic acids is 1. The molecule has 0 atom stereocenters. The van der Waals surface area contributed by atoms with Gasteiger partial charge in [0.05, 0.1) is 18.3 Å². The number of nitrogens with one attached hydrogen (secondary N) is 2. The minimum atomic E-state index is -0.485. The number of halogens is 1. The molecule has 0 bridgehead atoms. The van der Waals surface area contributed by atoms with Crippen LogP contribution in [0.2, 0.25) is 0 Å².